The third-order valence-corrected chi connectivity index (χ3v) is 5.64. The van der Waals surface area contributed by atoms with Gasteiger partial charge in [-0.1, -0.05) is 18.2 Å². The van der Waals surface area contributed by atoms with Gasteiger partial charge in [0, 0.05) is 5.69 Å². The number of esters is 1. The summed E-state index contributed by atoms with van der Waals surface area (Å²) >= 11 is 1.28. The Bertz CT molecular complexity index is 788. The number of halogens is 1. The van der Waals surface area contributed by atoms with Gasteiger partial charge in [-0.2, -0.15) is 0 Å². The van der Waals surface area contributed by atoms with Crippen molar-refractivity contribution in [2.75, 3.05) is 18.8 Å². The van der Waals surface area contributed by atoms with Crippen molar-refractivity contribution < 1.29 is 13.9 Å². The van der Waals surface area contributed by atoms with E-state index < -0.39 is 0 Å². The number of carbonyl (C=O) groups excluding carboxylic acids is 1. The summed E-state index contributed by atoms with van der Waals surface area (Å²) in [5, 5.41) is 9.37. The summed E-state index contributed by atoms with van der Waals surface area (Å²) in [6, 6.07) is 6.34. The average molecular weight is 407 g/mol. The average Bonchev–Trinajstić information content (AvgIpc) is 3.10. The molecule has 152 valence electrons. The first-order valence-corrected chi connectivity index (χ1v) is 10.7. The van der Waals surface area contributed by atoms with Crippen LogP contribution in [-0.2, 0) is 9.53 Å². The lowest BCUT2D eigenvalue weighted by atomic mass is 10.1. The van der Waals surface area contributed by atoms with Crippen molar-refractivity contribution in [3.63, 3.8) is 0 Å². The number of piperidine rings is 1. The highest BCUT2D eigenvalue weighted by atomic mass is 32.2. The molecule has 1 aliphatic rings. The Kier molecular flexibility index (Phi) is 7.07. The van der Waals surface area contributed by atoms with Gasteiger partial charge in [-0.05, 0) is 71.0 Å². The predicted molar refractivity (Wildman–Crippen MR) is 107 cm³/mol. The van der Waals surface area contributed by atoms with Crippen molar-refractivity contribution in [1.29, 1.82) is 0 Å². The van der Waals surface area contributed by atoms with E-state index in [1.165, 1.54) is 43.2 Å². The van der Waals surface area contributed by atoms with Crippen LogP contribution in [0.25, 0.3) is 5.69 Å². The minimum absolute atomic E-state index is 0.0785. The predicted octanol–water partition coefficient (Wildman–Crippen LogP) is 4.00. The molecule has 0 saturated carbocycles. The Labute approximate surface area is 169 Å². The van der Waals surface area contributed by atoms with E-state index >= 15 is 0 Å². The van der Waals surface area contributed by atoms with Crippen molar-refractivity contribution in [1.82, 2.24) is 19.7 Å². The fraction of sp³-hybridized carbons (Fsp3) is 0.550. The highest BCUT2D eigenvalue weighted by molar-refractivity contribution is 7.99. The SMILES string of the molecule is CC(C)OC(=O)CSc1nnc([C@@H](C)N2CCCCC2)n1-c1ccc(F)cc1. The van der Waals surface area contributed by atoms with E-state index in [0.29, 0.717) is 5.16 Å². The minimum atomic E-state index is -0.294. The van der Waals surface area contributed by atoms with Gasteiger partial charge in [-0.3, -0.25) is 14.3 Å². The van der Waals surface area contributed by atoms with Crippen LogP contribution in [0.1, 0.15) is 51.9 Å². The van der Waals surface area contributed by atoms with Gasteiger partial charge in [-0.15, -0.1) is 10.2 Å². The van der Waals surface area contributed by atoms with Gasteiger partial charge >= 0.3 is 5.97 Å². The molecular formula is C20H27FN4O2S. The molecule has 0 spiro atoms. The Morgan fingerprint density at radius 3 is 2.46 bits per heavy atom. The maximum absolute atomic E-state index is 13.4. The van der Waals surface area contributed by atoms with Crippen LogP contribution >= 0.6 is 11.8 Å². The molecule has 1 saturated heterocycles. The molecule has 6 nitrogen and oxygen atoms in total. The molecule has 0 amide bonds. The quantitative estimate of drug-likeness (QED) is 0.512. The molecular weight excluding hydrogens is 379 g/mol. The van der Waals surface area contributed by atoms with Crippen LogP contribution in [0.4, 0.5) is 4.39 Å². The van der Waals surface area contributed by atoms with Crippen LogP contribution in [0, 0.1) is 5.82 Å². The Morgan fingerprint density at radius 2 is 1.82 bits per heavy atom. The number of hydrogen-bond donors (Lipinski definition) is 0. The van der Waals surface area contributed by atoms with Gasteiger partial charge in [0.15, 0.2) is 11.0 Å². The van der Waals surface area contributed by atoms with E-state index in [0.717, 1.165) is 24.6 Å². The smallest absolute Gasteiger partial charge is 0.316 e. The van der Waals surface area contributed by atoms with Crippen molar-refractivity contribution in [3.05, 3.63) is 35.9 Å². The van der Waals surface area contributed by atoms with Crippen LogP contribution in [0.2, 0.25) is 0 Å². The lowest BCUT2D eigenvalue weighted by Gasteiger charge is -2.31. The van der Waals surface area contributed by atoms with E-state index in [1.807, 2.05) is 18.4 Å². The molecule has 1 fully saturated rings. The number of hydrogen-bond acceptors (Lipinski definition) is 6. The third kappa shape index (κ3) is 5.11. The molecule has 1 aromatic carbocycles. The molecule has 0 unspecified atom stereocenters. The molecule has 0 bridgehead atoms. The summed E-state index contributed by atoms with van der Waals surface area (Å²) in [5.74, 6) is 0.361. The normalized spacial score (nSPS) is 16.3. The fourth-order valence-corrected chi connectivity index (χ4v) is 4.11. The Balaban J connectivity index is 1.88. The van der Waals surface area contributed by atoms with Gasteiger partial charge in [0.05, 0.1) is 17.9 Å². The molecule has 3 rings (SSSR count). The van der Waals surface area contributed by atoms with Crippen LogP contribution < -0.4 is 0 Å². The summed E-state index contributed by atoms with van der Waals surface area (Å²) in [5.41, 5.74) is 0.782. The third-order valence-electron chi connectivity index (χ3n) is 4.74. The van der Waals surface area contributed by atoms with Crippen molar-refractivity contribution in [2.24, 2.45) is 0 Å². The number of rotatable bonds is 7. The Hall–Kier alpha value is -1.93. The molecule has 8 heteroatoms. The van der Waals surface area contributed by atoms with E-state index in [2.05, 4.69) is 22.0 Å². The van der Waals surface area contributed by atoms with Crippen molar-refractivity contribution >= 4 is 17.7 Å². The number of nitrogens with zero attached hydrogens (tertiary/aromatic N) is 4. The summed E-state index contributed by atoms with van der Waals surface area (Å²) in [4.78, 5) is 14.3. The van der Waals surface area contributed by atoms with Gasteiger partial charge < -0.3 is 4.74 Å². The standard InChI is InChI=1S/C20H27FN4O2S/c1-14(2)27-18(26)13-28-20-23-22-19(15(3)24-11-5-4-6-12-24)25(20)17-9-7-16(21)8-10-17/h7-10,14-15H,4-6,11-13H2,1-3H3/t15-/m1/s1. The molecule has 0 N–H and O–H groups in total. The molecule has 0 aliphatic carbocycles. The summed E-state index contributed by atoms with van der Waals surface area (Å²) in [7, 11) is 0. The first-order chi connectivity index (χ1) is 13.5. The Morgan fingerprint density at radius 1 is 1.14 bits per heavy atom. The largest absolute Gasteiger partial charge is 0.462 e. The van der Waals surface area contributed by atoms with Crippen molar-refractivity contribution in [3.8, 4) is 5.69 Å². The monoisotopic (exact) mass is 406 g/mol. The van der Waals surface area contributed by atoms with Gasteiger partial charge in [0.1, 0.15) is 5.82 Å². The number of carbonyl (C=O) groups is 1. The highest BCUT2D eigenvalue weighted by Gasteiger charge is 2.26. The second-order valence-corrected chi connectivity index (χ2v) is 8.19. The molecule has 28 heavy (non-hydrogen) atoms. The number of ether oxygens (including phenoxy) is 1. The molecule has 2 aromatic rings. The van der Waals surface area contributed by atoms with Crippen LogP contribution in [0.15, 0.2) is 29.4 Å². The number of thioether (sulfide) groups is 1. The number of likely N-dealkylation sites (tertiary alicyclic amines) is 1. The number of aromatic nitrogens is 3. The lowest BCUT2D eigenvalue weighted by Crippen LogP contribution is -2.33. The first kappa shape index (κ1) is 20.8. The molecule has 1 aliphatic heterocycles. The fourth-order valence-electron chi connectivity index (χ4n) is 3.37. The van der Waals surface area contributed by atoms with Crippen LogP contribution in [0.3, 0.4) is 0 Å². The second kappa shape index (κ2) is 9.52. The maximum atomic E-state index is 13.4. The van der Waals surface area contributed by atoms with Gasteiger partial charge in [0.2, 0.25) is 0 Å². The van der Waals surface area contributed by atoms with E-state index in [1.54, 1.807) is 12.1 Å². The summed E-state index contributed by atoms with van der Waals surface area (Å²) in [6.45, 7) is 7.82. The topological polar surface area (TPSA) is 60.2 Å². The lowest BCUT2D eigenvalue weighted by molar-refractivity contribution is -0.144. The zero-order valence-corrected chi connectivity index (χ0v) is 17.4. The maximum Gasteiger partial charge on any atom is 0.316 e. The summed E-state index contributed by atoms with van der Waals surface area (Å²) in [6.07, 6.45) is 3.46. The molecule has 1 atom stereocenters. The van der Waals surface area contributed by atoms with Crippen LogP contribution in [-0.4, -0.2) is 50.6 Å². The zero-order chi connectivity index (χ0) is 20.1. The summed E-state index contributed by atoms with van der Waals surface area (Å²) < 4.78 is 20.6. The highest BCUT2D eigenvalue weighted by Crippen LogP contribution is 2.29. The molecule has 1 aromatic heterocycles. The van der Waals surface area contributed by atoms with E-state index in [-0.39, 0.29) is 29.7 Å². The molecule has 0 radical (unpaired) electrons. The number of benzene rings is 1. The van der Waals surface area contributed by atoms with Crippen molar-refractivity contribution in [2.45, 2.75) is 57.3 Å². The molecule has 2 heterocycles. The van der Waals surface area contributed by atoms with E-state index in [4.69, 9.17) is 4.74 Å². The zero-order valence-electron chi connectivity index (χ0n) is 16.6. The van der Waals surface area contributed by atoms with Gasteiger partial charge in [0.25, 0.3) is 0 Å². The first-order valence-electron chi connectivity index (χ1n) is 9.73. The second-order valence-electron chi connectivity index (χ2n) is 7.25. The van der Waals surface area contributed by atoms with Gasteiger partial charge in [-0.25, -0.2) is 4.39 Å². The van der Waals surface area contributed by atoms with Crippen LogP contribution in [0.5, 0.6) is 0 Å². The minimum Gasteiger partial charge on any atom is -0.462 e. The van der Waals surface area contributed by atoms with E-state index in [9.17, 15) is 9.18 Å².